The second-order valence-electron chi connectivity index (χ2n) is 7.17. The number of fused-ring (bicyclic) bond motifs is 1. The summed E-state index contributed by atoms with van der Waals surface area (Å²) in [4.78, 5) is 20.5. The second kappa shape index (κ2) is 9.94. The van der Waals surface area contributed by atoms with Crippen molar-refractivity contribution in [3.05, 3.63) is 52.8 Å². The molecule has 0 unspecified atom stereocenters. The minimum atomic E-state index is -1.09. The fourth-order valence-corrected chi connectivity index (χ4v) is 4.56. The molecule has 0 atom stereocenters. The average Bonchev–Trinajstić information content (AvgIpc) is 3.39. The van der Waals surface area contributed by atoms with Gasteiger partial charge in [0.25, 0.3) is 0 Å². The van der Waals surface area contributed by atoms with Gasteiger partial charge < -0.3 is 24.5 Å². The molecule has 0 aliphatic heterocycles. The molecule has 4 aromatic rings. The van der Waals surface area contributed by atoms with Crippen LogP contribution in [0.1, 0.15) is 22.2 Å². The van der Waals surface area contributed by atoms with Crippen LogP contribution in [0.4, 0.5) is 14.6 Å². The number of carbonyl (C=O) groups is 1. The Bertz CT molecular complexity index is 1460. The molecule has 0 bridgehead atoms. The first-order chi connectivity index (χ1) is 16.9. The van der Waals surface area contributed by atoms with Crippen molar-refractivity contribution < 1.29 is 28.2 Å². The summed E-state index contributed by atoms with van der Waals surface area (Å²) in [7, 11) is 1.29. The molecular weight excluding hydrogens is 480 g/mol. The van der Waals surface area contributed by atoms with Crippen LogP contribution in [0.2, 0.25) is 0 Å². The summed E-state index contributed by atoms with van der Waals surface area (Å²) >= 11 is 1.03. The predicted octanol–water partition coefficient (Wildman–Crippen LogP) is 4.53. The van der Waals surface area contributed by atoms with Crippen LogP contribution < -0.4 is 14.8 Å². The normalized spacial score (nSPS) is 10.8. The van der Waals surface area contributed by atoms with Crippen molar-refractivity contribution in [3.63, 3.8) is 0 Å². The van der Waals surface area contributed by atoms with Gasteiger partial charge in [-0.05, 0) is 19.1 Å². The summed E-state index contributed by atoms with van der Waals surface area (Å²) < 4.78 is 41.0. The number of hydrogen-bond acceptors (Lipinski definition) is 8. The number of ether oxygens (including phenoxy) is 2. The summed E-state index contributed by atoms with van der Waals surface area (Å²) in [6.45, 7) is 2.32. The maximum Gasteiger partial charge on any atom is 0.349 e. The quantitative estimate of drug-likeness (QED) is 0.345. The molecule has 12 heteroatoms. The Morgan fingerprint density at radius 1 is 1.31 bits per heavy atom. The molecule has 2 N–H and O–H groups in total. The summed E-state index contributed by atoms with van der Waals surface area (Å²) in [6.07, 6.45) is 1.32. The first kappa shape index (κ1) is 23.9. The van der Waals surface area contributed by atoms with E-state index in [1.54, 1.807) is 19.1 Å². The second-order valence-corrected chi connectivity index (χ2v) is 8.22. The van der Waals surface area contributed by atoms with Crippen molar-refractivity contribution in [2.45, 2.75) is 13.5 Å². The molecule has 0 radical (unpaired) electrons. The zero-order valence-electron chi connectivity index (χ0n) is 18.6. The Morgan fingerprint density at radius 3 is 2.80 bits per heavy atom. The van der Waals surface area contributed by atoms with Crippen LogP contribution >= 0.6 is 11.3 Å². The van der Waals surface area contributed by atoms with Gasteiger partial charge in [-0.2, -0.15) is 9.65 Å². The smallest absolute Gasteiger partial charge is 0.349 e. The molecule has 3 heterocycles. The zero-order chi connectivity index (χ0) is 25.1. The van der Waals surface area contributed by atoms with Crippen molar-refractivity contribution in [1.29, 1.82) is 5.26 Å². The van der Waals surface area contributed by atoms with E-state index < -0.39 is 17.7 Å². The van der Waals surface area contributed by atoms with E-state index in [4.69, 9.17) is 9.47 Å². The van der Waals surface area contributed by atoms with E-state index in [-0.39, 0.29) is 45.9 Å². The van der Waals surface area contributed by atoms with Gasteiger partial charge in [-0.1, -0.05) is 0 Å². The number of thiophene rings is 1. The molecule has 0 spiro atoms. The summed E-state index contributed by atoms with van der Waals surface area (Å²) in [5.74, 6) is -2.59. The number of aromatic nitrogens is 3. The molecule has 180 valence electrons. The predicted molar refractivity (Wildman–Crippen MR) is 125 cm³/mol. The van der Waals surface area contributed by atoms with Gasteiger partial charge in [0.05, 0.1) is 40.8 Å². The number of carboxylic acid groups (broad SMARTS) is 1. The highest BCUT2D eigenvalue weighted by molar-refractivity contribution is 7.17. The molecule has 1 aromatic carbocycles. The number of nitrogens with zero attached hydrogens (tertiary/aromatic N) is 4. The number of nitriles is 1. The van der Waals surface area contributed by atoms with Gasteiger partial charge in [0.2, 0.25) is 5.95 Å². The third-order valence-corrected chi connectivity index (χ3v) is 6.27. The Balaban J connectivity index is 1.55. The molecule has 4 rings (SSSR count). The summed E-state index contributed by atoms with van der Waals surface area (Å²) in [5, 5.41) is 21.5. The molecule has 0 aliphatic rings. The average molecular weight is 499 g/mol. The maximum absolute atomic E-state index is 14.7. The van der Waals surface area contributed by atoms with Crippen LogP contribution in [-0.4, -0.2) is 45.9 Å². The summed E-state index contributed by atoms with van der Waals surface area (Å²) in [5.41, 5.74) is 0.845. The maximum atomic E-state index is 14.7. The van der Waals surface area contributed by atoms with E-state index in [0.29, 0.717) is 23.0 Å². The highest BCUT2D eigenvalue weighted by Gasteiger charge is 2.23. The molecular formula is C23H19F2N5O4S. The van der Waals surface area contributed by atoms with Gasteiger partial charge in [-0.25, -0.2) is 19.2 Å². The number of rotatable bonds is 9. The Kier molecular flexibility index (Phi) is 6.79. The lowest BCUT2D eigenvalue weighted by Gasteiger charge is -2.10. The van der Waals surface area contributed by atoms with Gasteiger partial charge in [0, 0.05) is 25.2 Å². The van der Waals surface area contributed by atoms with E-state index in [1.165, 1.54) is 25.6 Å². The van der Waals surface area contributed by atoms with Crippen molar-refractivity contribution in [2.75, 3.05) is 25.6 Å². The minimum Gasteiger partial charge on any atom is -0.495 e. The Hall–Kier alpha value is -4.24. The number of hydrogen-bond donors (Lipinski definition) is 2. The van der Waals surface area contributed by atoms with E-state index in [2.05, 4.69) is 15.3 Å². The molecule has 35 heavy (non-hydrogen) atoms. The monoisotopic (exact) mass is 499 g/mol. The van der Waals surface area contributed by atoms with E-state index >= 15 is 0 Å². The van der Waals surface area contributed by atoms with Crippen LogP contribution in [0.25, 0.3) is 21.5 Å². The standard InChI is InChI=1S/C23H19F2N5O4S/c1-3-34-15-9-16(35-21(15)23(31)32)13-8-17(29-11-28-13)27-6-7-30-14-5-4-12(10-26)20(33-2)18(14)19(24)22(30)25/h4-5,8-9,11H,3,6-7H2,1-2H3,(H,31,32)(H,27,28,29). The molecule has 0 aliphatic carbocycles. The first-order valence-electron chi connectivity index (χ1n) is 10.4. The largest absolute Gasteiger partial charge is 0.495 e. The SMILES string of the molecule is CCOc1cc(-c2cc(NCCn3c(F)c(F)c4c(OC)c(C#N)ccc43)ncn2)sc1C(=O)O. The molecule has 9 nitrogen and oxygen atoms in total. The topological polar surface area (TPSA) is 122 Å². The number of aromatic carboxylic acids is 1. The minimum absolute atomic E-state index is 0.0170. The van der Waals surface area contributed by atoms with Crippen LogP contribution in [0.5, 0.6) is 11.5 Å². The number of methoxy groups -OCH3 is 1. The fraction of sp³-hybridized carbons (Fsp3) is 0.217. The van der Waals surface area contributed by atoms with E-state index in [1.807, 2.05) is 6.07 Å². The van der Waals surface area contributed by atoms with E-state index in [0.717, 1.165) is 15.9 Å². The number of carboxylic acids is 1. The first-order valence-corrected chi connectivity index (χ1v) is 11.2. The summed E-state index contributed by atoms with van der Waals surface area (Å²) in [6, 6.07) is 8.06. The molecule has 0 saturated carbocycles. The van der Waals surface area contributed by atoms with Crippen LogP contribution in [0.15, 0.2) is 30.6 Å². The van der Waals surface area contributed by atoms with E-state index in [9.17, 15) is 23.9 Å². The highest BCUT2D eigenvalue weighted by Crippen LogP contribution is 2.36. The number of benzene rings is 1. The van der Waals surface area contributed by atoms with Crippen molar-refractivity contribution in [3.8, 4) is 28.1 Å². The lowest BCUT2D eigenvalue weighted by atomic mass is 10.1. The van der Waals surface area contributed by atoms with Crippen LogP contribution in [0, 0.1) is 23.1 Å². The van der Waals surface area contributed by atoms with Crippen molar-refractivity contribution in [2.24, 2.45) is 0 Å². The van der Waals surface area contributed by atoms with Gasteiger partial charge in [-0.3, -0.25) is 0 Å². The molecule has 0 saturated heterocycles. The molecule has 3 aromatic heterocycles. The fourth-order valence-electron chi connectivity index (χ4n) is 3.65. The third-order valence-electron chi connectivity index (χ3n) is 5.14. The van der Waals surface area contributed by atoms with Gasteiger partial charge in [0.1, 0.15) is 29.7 Å². The van der Waals surface area contributed by atoms with Gasteiger partial charge in [0.15, 0.2) is 10.7 Å². The third kappa shape index (κ3) is 4.45. The Labute approximate surface area is 202 Å². The van der Waals surface area contributed by atoms with Gasteiger partial charge >= 0.3 is 5.97 Å². The molecule has 0 amide bonds. The molecule has 0 fully saturated rings. The van der Waals surface area contributed by atoms with Crippen LogP contribution in [0.3, 0.4) is 0 Å². The number of anilines is 1. The number of nitrogens with one attached hydrogen (secondary N) is 1. The van der Waals surface area contributed by atoms with Crippen LogP contribution in [-0.2, 0) is 6.54 Å². The lowest BCUT2D eigenvalue weighted by molar-refractivity contribution is 0.0698. The Morgan fingerprint density at radius 2 is 2.11 bits per heavy atom. The number of halogens is 2. The zero-order valence-corrected chi connectivity index (χ0v) is 19.4. The van der Waals surface area contributed by atoms with Crippen molar-refractivity contribution in [1.82, 2.24) is 14.5 Å². The van der Waals surface area contributed by atoms with Crippen molar-refractivity contribution >= 4 is 34.0 Å². The van der Waals surface area contributed by atoms with Gasteiger partial charge in [-0.15, -0.1) is 11.3 Å². The highest BCUT2D eigenvalue weighted by atomic mass is 32.1. The lowest BCUT2D eigenvalue weighted by Crippen LogP contribution is -2.13.